The first-order valence-electron chi connectivity index (χ1n) is 6.05. The summed E-state index contributed by atoms with van der Waals surface area (Å²) in [4.78, 5) is 24.3. The second kappa shape index (κ2) is 6.11. The van der Waals surface area contributed by atoms with Crippen molar-refractivity contribution in [1.29, 1.82) is 0 Å². The zero-order valence-electron chi connectivity index (χ0n) is 10.7. The molecule has 0 heterocycles. The van der Waals surface area contributed by atoms with Gasteiger partial charge in [0.2, 0.25) is 11.8 Å². The van der Waals surface area contributed by atoms with E-state index < -0.39 is 5.92 Å². The summed E-state index contributed by atoms with van der Waals surface area (Å²) in [6.07, 6.45) is 0.104. The van der Waals surface area contributed by atoms with Gasteiger partial charge in [-0.05, 0) is 12.8 Å². The van der Waals surface area contributed by atoms with Crippen molar-refractivity contribution in [2.75, 3.05) is 20.7 Å². The fourth-order valence-corrected chi connectivity index (χ4v) is 2.07. The number of amides is 1. The van der Waals surface area contributed by atoms with Gasteiger partial charge in [0.25, 0.3) is 0 Å². The molecule has 1 rings (SSSR count). The van der Waals surface area contributed by atoms with Crippen LogP contribution in [0.25, 0.3) is 0 Å². The van der Waals surface area contributed by atoms with Crippen LogP contribution in [0.2, 0.25) is 0 Å². The predicted octanol–water partition coefficient (Wildman–Crippen LogP) is 1.83. The third-order valence-electron chi connectivity index (χ3n) is 3.32. The van der Waals surface area contributed by atoms with Crippen LogP contribution in [0.15, 0.2) is 0 Å². The van der Waals surface area contributed by atoms with Crippen LogP contribution in [-0.2, 0) is 14.3 Å². The lowest BCUT2D eigenvalue weighted by Gasteiger charge is -2.30. The van der Waals surface area contributed by atoms with E-state index >= 15 is 0 Å². The lowest BCUT2D eigenvalue weighted by Crippen LogP contribution is -2.38. The molecule has 6 heteroatoms. The number of nitrogens with zero attached hydrogens (tertiary/aromatic N) is 1. The number of rotatable bonds is 4. The van der Waals surface area contributed by atoms with E-state index in [1.54, 1.807) is 7.05 Å². The summed E-state index contributed by atoms with van der Waals surface area (Å²) in [6.45, 7) is 0.262. The number of esters is 1. The summed E-state index contributed by atoms with van der Waals surface area (Å²) < 4.78 is 30.4. The molecule has 1 amide bonds. The maximum atomic E-state index is 13.0. The molecule has 0 atom stereocenters. The topological polar surface area (TPSA) is 46.6 Å². The maximum absolute atomic E-state index is 13.0. The Kier molecular flexibility index (Phi) is 5.04. The van der Waals surface area contributed by atoms with Crippen LogP contribution in [0.4, 0.5) is 8.78 Å². The zero-order chi connectivity index (χ0) is 13.8. The van der Waals surface area contributed by atoms with Crippen LogP contribution < -0.4 is 0 Å². The number of methoxy groups -OCH3 is 1. The Morgan fingerprint density at radius 1 is 1.33 bits per heavy atom. The molecule has 0 aromatic carbocycles. The van der Waals surface area contributed by atoms with E-state index in [9.17, 15) is 18.4 Å². The van der Waals surface area contributed by atoms with Crippen LogP contribution >= 0.6 is 0 Å². The van der Waals surface area contributed by atoms with Gasteiger partial charge in [-0.3, -0.25) is 9.59 Å². The van der Waals surface area contributed by atoms with Crippen molar-refractivity contribution in [3.63, 3.8) is 0 Å². The van der Waals surface area contributed by atoms with E-state index in [2.05, 4.69) is 4.74 Å². The Morgan fingerprint density at radius 2 is 1.89 bits per heavy atom. The average Bonchev–Trinajstić information content (AvgIpc) is 2.34. The number of halogens is 2. The maximum Gasteiger partial charge on any atom is 0.307 e. The van der Waals surface area contributed by atoms with Gasteiger partial charge in [-0.15, -0.1) is 0 Å². The summed E-state index contributed by atoms with van der Waals surface area (Å²) in [5.74, 6) is -3.51. The normalized spacial score (nSPS) is 19.3. The van der Waals surface area contributed by atoms with E-state index in [0.29, 0.717) is 0 Å². The third-order valence-corrected chi connectivity index (χ3v) is 3.32. The van der Waals surface area contributed by atoms with Crippen LogP contribution in [0, 0.1) is 5.92 Å². The quantitative estimate of drug-likeness (QED) is 0.727. The van der Waals surface area contributed by atoms with Crippen LogP contribution in [0.1, 0.15) is 32.1 Å². The summed E-state index contributed by atoms with van der Waals surface area (Å²) in [5.41, 5.74) is 0. The fourth-order valence-electron chi connectivity index (χ4n) is 2.07. The van der Waals surface area contributed by atoms with E-state index in [-0.39, 0.29) is 56.4 Å². The molecule has 0 saturated heterocycles. The average molecular weight is 263 g/mol. The van der Waals surface area contributed by atoms with Gasteiger partial charge >= 0.3 is 5.97 Å². The minimum Gasteiger partial charge on any atom is -0.469 e. The highest BCUT2D eigenvalue weighted by atomic mass is 19.3. The summed E-state index contributed by atoms with van der Waals surface area (Å²) in [6, 6.07) is 0. The smallest absolute Gasteiger partial charge is 0.307 e. The largest absolute Gasteiger partial charge is 0.469 e. The predicted molar refractivity (Wildman–Crippen MR) is 61.2 cm³/mol. The monoisotopic (exact) mass is 263 g/mol. The number of alkyl halides is 2. The number of carbonyl (C=O) groups excluding carboxylic acids is 2. The third kappa shape index (κ3) is 4.23. The Hall–Kier alpha value is -1.20. The Bertz CT molecular complexity index is 310. The molecule has 0 radical (unpaired) electrons. The molecule has 1 fully saturated rings. The van der Waals surface area contributed by atoms with Gasteiger partial charge in [0.1, 0.15) is 0 Å². The number of carbonyl (C=O) groups is 2. The molecule has 0 aromatic rings. The van der Waals surface area contributed by atoms with Crippen molar-refractivity contribution in [3.8, 4) is 0 Å². The second-order valence-corrected chi connectivity index (χ2v) is 4.72. The Balaban J connectivity index is 2.38. The minimum atomic E-state index is -2.62. The molecular weight excluding hydrogens is 244 g/mol. The summed E-state index contributed by atoms with van der Waals surface area (Å²) >= 11 is 0. The van der Waals surface area contributed by atoms with Crippen LogP contribution in [0.3, 0.4) is 0 Å². The highest BCUT2D eigenvalue weighted by molar-refractivity contribution is 5.79. The summed E-state index contributed by atoms with van der Waals surface area (Å²) in [7, 11) is 2.87. The molecule has 0 N–H and O–H groups in total. The molecule has 4 nitrogen and oxygen atoms in total. The van der Waals surface area contributed by atoms with Crippen molar-refractivity contribution in [3.05, 3.63) is 0 Å². The van der Waals surface area contributed by atoms with Crippen LogP contribution in [0.5, 0.6) is 0 Å². The van der Waals surface area contributed by atoms with Gasteiger partial charge in [-0.1, -0.05) is 0 Å². The molecule has 1 aliphatic rings. The van der Waals surface area contributed by atoms with Crippen molar-refractivity contribution in [1.82, 2.24) is 4.90 Å². The number of ether oxygens (including phenoxy) is 1. The summed E-state index contributed by atoms with van der Waals surface area (Å²) in [5, 5.41) is 0. The molecule has 0 aromatic heterocycles. The van der Waals surface area contributed by atoms with Crippen molar-refractivity contribution in [2.45, 2.75) is 38.0 Å². The SMILES string of the molecule is COC(=O)CCN(C)C(=O)C1CCC(F)(F)CC1. The van der Waals surface area contributed by atoms with E-state index in [4.69, 9.17) is 0 Å². The lowest BCUT2D eigenvalue weighted by atomic mass is 9.86. The van der Waals surface area contributed by atoms with Crippen molar-refractivity contribution in [2.24, 2.45) is 5.92 Å². The second-order valence-electron chi connectivity index (χ2n) is 4.72. The van der Waals surface area contributed by atoms with E-state index in [0.717, 1.165) is 0 Å². The first-order chi connectivity index (χ1) is 8.35. The molecule has 18 heavy (non-hydrogen) atoms. The number of hydrogen-bond acceptors (Lipinski definition) is 3. The van der Waals surface area contributed by atoms with Gasteiger partial charge in [0, 0.05) is 32.4 Å². The lowest BCUT2D eigenvalue weighted by molar-refractivity contribution is -0.142. The Morgan fingerprint density at radius 3 is 2.39 bits per heavy atom. The molecule has 1 saturated carbocycles. The van der Waals surface area contributed by atoms with Gasteiger partial charge in [-0.2, -0.15) is 0 Å². The molecule has 104 valence electrons. The fraction of sp³-hybridized carbons (Fsp3) is 0.833. The standard InChI is InChI=1S/C12H19F2NO3/c1-15(8-5-10(16)18-2)11(17)9-3-6-12(13,14)7-4-9/h9H,3-8H2,1-2H3. The van der Waals surface area contributed by atoms with Gasteiger partial charge in [0.05, 0.1) is 13.5 Å². The molecule has 0 unspecified atom stereocenters. The van der Waals surface area contributed by atoms with Gasteiger partial charge in [0.15, 0.2) is 0 Å². The van der Waals surface area contributed by atoms with Crippen molar-refractivity contribution < 1.29 is 23.1 Å². The van der Waals surface area contributed by atoms with Crippen LogP contribution in [-0.4, -0.2) is 43.4 Å². The van der Waals surface area contributed by atoms with Gasteiger partial charge in [-0.25, -0.2) is 8.78 Å². The van der Waals surface area contributed by atoms with E-state index in [1.165, 1.54) is 12.0 Å². The molecule has 1 aliphatic carbocycles. The minimum absolute atomic E-state index is 0.127. The Labute approximate surface area is 105 Å². The molecule has 0 aliphatic heterocycles. The first-order valence-corrected chi connectivity index (χ1v) is 6.05. The van der Waals surface area contributed by atoms with E-state index in [1.807, 2.05) is 0 Å². The number of hydrogen-bond donors (Lipinski definition) is 0. The van der Waals surface area contributed by atoms with Gasteiger partial charge < -0.3 is 9.64 Å². The molecule has 0 bridgehead atoms. The van der Waals surface area contributed by atoms with Crippen molar-refractivity contribution >= 4 is 11.9 Å². The zero-order valence-corrected chi connectivity index (χ0v) is 10.7. The molecular formula is C12H19F2NO3. The first kappa shape index (κ1) is 14.9. The highest BCUT2D eigenvalue weighted by Gasteiger charge is 2.38. The highest BCUT2D eigenvalue weighted by Crippen LogP contribution is 2.36. The molecule has 0 spiro atoms.